The lowest BCUT2D eigenvalue weighted by atomic mass is 9.89. The van der Waals surface area contributed by atoms with Gasteiger partial charge in [-0.15, -0.1) is 0 Å². The Bertz CT molecular complexity index is 1350. The molecule has 0 spiro atoms. The van der Waals surface area contributed by atoms with Gasteiger partial charge in [0.1, 0.15) is 23.6 Å². The molecule has 1 atom stereocenters. The van der Waals surface area contributed by atoms with Gasteiger partial charge in [-0.3, -0.25) is 9.10 Å². The summed E-state index contributed by atoms with van der Waals surface area (Å²) in [6.45, 7) is 7.70. The van der Waals surface area contributed by atoms with Crippen molar-refractivity contribution in [3.8, 4) is 11.5 Å². The molecule has 196 valence electrons. The Kier molecular flexibility index (Phi) is 7.50. The van der Waals surface area contributed by atoms with Crippen LogP contribution in [0.2, 0.25) is 0 Å². The number of rotatable bonds is 8. The van der Waals surface area contributed by atoms with E-state index in [-0.39, 0.29) is 17.5 Å². The number of nitrogens with one attached hydrogen (secondary N) is 1. The summed E-state index contributed by atoms with van der Waals surface area (Å²) in [7, 11) is -2.41. The molecule has 0 aliphatic carbocycles. The molecule has 8 heteroatoms. The second kappa shape index (κ2) is 10.5. The number of sulfonamides is 1. The minimum Gasteiger partial charge on any atom is -0.497 e. The Hall–Kier alpha value is -3.52. The Labute approximate surface area is 219 Å². The summed E-state index contributed by atoms with van der Waals surface area (Å²) in [6.07, 6.45) is 0.521. The molecule has 1 amide bonds. The van der Waals surface area contributed by atoms with Crippen LogP contribution in [0, 0.1) is 0 Å². The Morgan fingerprint density at radius 1 is 1.08 bits per heavy atom. The van der Waals surface area contributed by atoms with Crippen molar-refractivity contribution >= 4 is 21.6 Å². The predicted molar refractivity (Wildman–Crippen MR) is 145 cm³/mol. The first-order chi connectivity index (χ1) is 17.5. The third kappa shape index (κ3) is 5.91. The maximum atomic E-state index is 13.7. The Morgan fingerprint density at radius 2 is 1.76 bits per heavy atom. The van der Waals surface area contributed by atoms with Crippen LogP contribution in [-0.2, 0) is 14.8 Å². The van der Waals surface area contributed by atoms with Crippen LogP contribution in [0.4, 0.5) is 5.69 Å². The average Bonchev–Trinajstić information content (AvgIpc) is 2.87. The third-order valence-electron chi connectivity index (χ3n) is 6.48. The number of methoxy groups -OCH3 is 1. The zero-order valence-corrected chi connectivity index (χ0v) is 22.7. The Morgan fingerprint density at radius 3 is 2.38 bits per heavy atom. The van der Waals surface area contributed by atoms with Crippen LogP contribution in [0.1, 0.15) is 57.2 Å². The number of benzene rings is 3. The Balaban J connectivity index is 1.65. The van der Waals surface area contributed by atoms with E-state index in [4.69, 9.17) is 9.47 Å². The van der Waals surface area contributed by atoms with Gasteiger partial charge in [-0.2, -0.15) is 0 Å². The SMILES string of the molecule is COc1ccc2c(c1)C(NC(=O)CN(c1ccc(C(C)C)cc1)S(=O)(=O)c1ccccc1)CC(C)(C)O2. The fraction of sp³-hybridized carbons (Fsp3) is 0.345. The summed E-state index contributed by atoms with van der Waals surface area (Å²) in [6, 6.07) is 20.6. The highest BCUT2D eigenvalue weighted by molar-refractivity contribution is 7.92. The smallest absolute Gasteiger partial charge is 0.264 e. The molecule has 0 fully saturated rings. The fourth-order valence-corrected chi connectivity index (χ4v) is 5.96. The summed E-state index contributed by atoms with van der Waals surface area (Å²) < 4.78 is 40.0. The van der Waals surface area contributed by atoms with E-state index in [1.165, 1.54) is 16.4 Å². The van der Waals surface area contributed by atoms with Gasteiger partial charge in [0.2, 0.25) is 5.91 Å². The van der Waals surface area contributed by atoms with Gasteiger partial charge in [0.05, 0.1) is 23.7 Å². The highest BCUT2D eigenvalue weighted by Gasteiger charge is 2.36. The molecule has 3 aromatic rings. The first-order valence-electron chi connectivity index (χ1n) is 12.3. The molecule has 1 unspecified atom stereocenters. The zero-order valence-electron chi connectivity index (χ0n) is 21.9. The van der Waals surface area contributed by atoms with Gasteiger partial charge in [-0.05, 0) is 67.8 Å². The van der Waals surface area contributed by atoms with Crippen LogP contribution in [0.3, 0.4) is 0 Å². The van der Waals surface area contributed by atoms with Gasteiger partial charge in [-0.25, -0.2) is 8.42 Å². The lowest BCUT2D eigenvalue weighted by Gasteiger charge is -2.38. The van der Waals surface area contributed by atoms with Crippen LogP contribution in [0.15, 0.2) is 77.7 Å². The normalized spacial score (nSPS) is 16.4. The molecule has 7 nitrogen and oxygen atoms in total. The van der Waals surface area contributed by atoms with Gasteiger partial charge >= 0.3 is 0 Å². The standard InChI is InChI=1S/C29H34N2O5S/c1-20(2)21-11-13-22(14-12-21)31(37(33,34)24-9-7-6-8-10-24)19-28(32)30-26-18-29(3,4)36-27-16-15-23(35-5)17-25(26)27/h6-17,20,26H,18-19H2,1-5H3,(H,30,32). The van der Waals surface area contributed by atoms with Crippen LogP contribution >= 0.6 is 0 Å². The lowest BCUT2D eigenvalue weighted by Crippen LogP contribution is -2.45. The van der Waals surface area contributed by atoms with Crippen molar-refractivity contribution in [2.45, 2.75) is 56.6 Å². The highest BCUT2D eigenvalue weighted by atomic mass is 32.2. The molecule has 0 bridgehead atoms. The molecule has 4 rings (SSSR count). The molecule has 1 aliphatic heterocycles. The second-order valence-electron chi connectivity index (χ2n) is 10.2. The maximum absolute atomic E-state index is 13.7. The molecule has 1 aliphatic rings. The molecule has 1 N–H and O–H groups in total. The van der Waals surface area contributed by atoms with Crippen molar-refractivity contribution in [3.63, 3.8) is 0 Å². The largest absolute Gasteiger partial charge is 0.497 e. The van der Waals surface area contributed by atoms with Crippen molar-refractivity contribution in [1.82, 2.24) is 5.32 Å². The molecule has 0 saturated heterocycles. The van der Waals surface area contributed by atoms with E-state index in [2.05, 4.69) is 19.2 Å². The minimum atomic E-state index is -3.99. The summed E-state index contributed by atoms with van der Waals surface area (Å²) in [4.78, 5) is 13.6. The number of carbonyl (C=O) groups is 1. The minimum absolute atomic E-state index is 0.123. The first-order valence-corrected chi connectivity index (χ1v) is 13.8. The third-order valence-corrected chi connectivity index (χ3v) is 8.26. The fourth-order valence-electron chi connectivity index (χ4n) is 4.52. The summed E-state index contributed by atoms with van der Waals surface area (Å²) in [5.74, 6) is 1.20. The quantitative estimate of drug-likeness (QED) is 0.426. The monoisotopic (exact) mass is 522 g/mol. The number of anilines is 1. The van der Waals surface area contributed by atoms with E-state index < -0.39 is 21.5 Å². The molecule has 37 heavy (non-hydrogen) atoms. The molecular formula is C29H34N2O5S. The van der Waals surface area contributed by atoms with Crippen molar-refractivity contribution in [2.75, 3.05) is 18.0 Å². The van der Waals surface area contributed by atoms with Gasteiger partial charge in [-0.1, -0.05) is 44.2 Å². The number of amides is 1. The van der Waals surface area contributed by atoms with Gasteiger partial charge < -0.3 is 14.8 Å². The molecule has 0 aromatic heterocycles. The topological polar surface area (TPSA) is 84.9 Å². The van der Waals surface area contributed by atoms with Crippen LogP contribution in [-0.4, -0.2) is 33.6 Å². The first kappa shape index (κ1) is 26.5. The number of fused-ring (bicyclic) bond motifs is 1. The molecule has 3 aromatic carbocycles. The molecule has 0 saturated carbocycles. The van der Waals surface area contributed by atoms with E-state index >= 15 is 0 Å². The van der Waals surface area contributed by atoms with Crippen molar-refractivity contribution in [2.24, 2.45) is 0 Å². The number of nitrogens with zero attached hydrogens (tertiary/aromatic N) is 1. The van der Waals surface area contributed by atoms with E-state index in [0.717, 1.165) is 11.1 Å². The van der Waals surface area contributed by atoms with E-state index in [1.54, 1.807) is 37.4 Å². The average molecular weight is 523 g/mol. The van der Waals surface area contributed by atoms with Gasteiger partial charge in [0, 0.05) is 12.0 Å². The molecular weight excluding hydrogens is 488 g/mol. The van der Waals surface area contributed by atoms with E-state index in [1.807, 2.05) is 44.2 Å². The summed E-state index contributed by atoms with van der Waals surface area (Å²) in [5.41, 5.74) is 1.80. The number of ether oxygens (including phenoxy) is 2. The highest BCUT2D eigenvalue weighted by Crippen LogP contribution is 2.41. The van der Waals surface area contributed by atoms with E-state index in [0.29, 0.717) is 29.5 Å². The zero-order chi connectivity index (χ0) is 26.8. The number of hydrogen-bond acceptors (Lipinski definition) is 5. The van der Waals surface area contributed by atoms with Crippen LogP contribution < -0.4 is 19.1 Å². The van der Waals surface area contributed by atoms with Crippen molar-refractivity contribution in [3.05, 3.63) is 83.9 Å². The molecule has 1 heterocycles. The predicted octanol–water partition coefficient (Wildman–Crippen LogP) is 5.43. The second-order valence-corrected chi connectivity index (χ2v) is 12.0. The van der Waals surface area contributed by atoms with Crippen molar-refractivity contribution < 1.29 is 22.7 Å². The lowest BCUT2D eigenvalue weighted by molar-refractivity contribution is -0.120. The molecule has 0 radical (unpaired) electrons. The van der Waals surface area contributed by atoms with Crippen molar-refractivity contribution in [1.29, 1.82) is 0 Å². The summed E-state index contributed by atoms with van der Waals surface area (Å²) in [5, 5.41) is 3.05. The summed E-state index contributed by atoms with van der Waals surface area (Å²) >= 11 is 0. The van der Waals surface area contributed by atoms with Crippen LogP contribution in [0.5, 0.6) is 11.5 Å². The van der Waals surface area contributed by atoms with Gasteiger partial charge in [0.25, 0.3) is 10.0 Å². The van der Waals surface area contributed by atoms with E-state index in [9.17, 15) is 13.2 Å². The number of hydrogen-bond donors (Lipinski definition) is 1. The van der Waals surface area contributed by atoms with Crippen LogP contribution in [0.25, 0.3) is 0 Å². The maximum Gasteiger partial charge on any atom is 0.264 e. The van der Waals surface area contributed by atoms with Gasteiger partial charge in [0.15, 0.2) is 0 Å². The number of carbonyl (C=O) groups excluding carboxylic acids is 1.